The first-order valence-electron chi connectivity index (χ1n) is 6.85. The molecule has 1 aliphatic heterocycles. The molecule has 0 aliphatic carbocycles. The van der Waals surface area contributed by atoms with Crippen molar-refractivity contribution in [1.29, 1.82) is 0 Å². The molecule has 1 atom stereocenters. The van der Waals surface area contributed by atoms with Crippen LogP contribution in [0.15, 0.2) is 18.2 Å². The molecule has 1 aliphatic rings. The summed E-state index contributed by atoms with van der Waals surface area (Å²) in [4.78, 5) is 14.5. The van der Waals surface area contributed by atoms with Gasteiger partial charge in [-0.1, -0.05) is 36.2 Å². The van der Waals surface area contributed by atoms with E-state index in [9.17, 15) is 4.79 Å². The Labute approximate surface area is 124 Å². The van der Waals surface area contributed by atoms with Gasteiger partial charge in [0.15, 0.2) is 0 Å². The molecular weight excluding hydrogens is 281 g/mol. The molecule has 2 nitrogen and oxygen atoms in total. The van der Waals surface area contributed by atoms with Gasteiger partial charge in [-0.05, 0) is 43.4 Å². The molecule has 19 heavy (non-hydrogen) atoms. The van der Waals surface area contributed by atoms with Gasteiger partial charge < -0.3 is 4.90 Å². The van der Waals surface area contributed by atoms with Crippen molar-refractivity contribution in [1.82, 2.24) is 4.90 Å². The molecule has 104 valence electrons. The first-order chi connectivity index (χ1) is 9.13. The molecule has 4 heteroatoms. The third-order valence-corrected chi connectivity index (χ3v) is 4.52. The Morgan fingerprint density at radius 2 is 2.00 bits per heavy atom. The van der Waals surface area contributed by atoms with Gasteiger partial charge >= 0.3 is 0 Å². The van der Waals surface area contributed by atoms with Crippen molar-refractivity contribution in [3.63, 3.8) is 0 Å². The van der Waals surface area contributed by atoms with E-state index in [2.05, 4.69) is 6.92 Å². The fourth-order valence-corrected chi connectivity index (χ4v) is 3.24. The van der Waals surface area contributed by atoms with Crippen LogP contribution >= 0.6 is 23.2 Å². The molecule has 0 saturated carbocycles. The number of carbonyl (C=O) groups excluding carboxylic acids is 1. The monoisotopic (exact) mass is 299 g/mol. The maximum absolute atomic E-state index is 12.4. The molecule has 0 radical (unpaired) electrons. The van der Waals surface area contributed by atoms with E-state index in [0.29, 0.717) is 22.5 Å². The van der Waals surface area contributed by atoms with Gasteiger partial charge in [0.2, 0.25) is 5.91 Å². The van der Waals surface area contributed by atoms with Crippen molar-refractivity contribution in [2.24, 2.45) is 0 Å². The van der Waals surface area contributed by atoms with Crippen molar-refractivity contribution < 1.29 is 4.79 Å². The van der Waals surface area contributed by atoms with Gasteiger partial charge in [0, 0.05) is 22.6 Å². The van der Waals surface area contributed by atoms with Crippen LogP contribution in [-0.4, -0.2) is 23.4 Å². The summed E-state index contributed by atoms with van der Waals surface area (Å²) in [5, 5.41) is 1.15. The van der Waals surface area contributed by atoms with Crippen LogP contribution < -0.4 is 0 Å². The van der Waals surface area contributed by atoms with Crippen LogP contribution in [0.1, 0.15) is 38.2 Å². The number of hydrogen-bond donors (Lipinski definition) is 0. The third-order valence-electron chi connectivity index (χ3n) is 3.81. The highest BCUT2D eigenvalue weighted by Crippen LogP contribution is 2.27. The van der Waals surface area contributed by atoms with Crippen LogP contribution in [0.3, 0.4) is 0 Å². The van der Waals surface area contributed by atoms with E-state index >= 15 is 0 Å². The van der Waals surface area contributed by atoms with Crippen molar-refractivity contribution >= 4 is 29.1 Å². The predicted octanol–water partition coefficient (Wildman–Crippen LogP) is 4.33. The zero-order valence-electron chi connectivity index (χ0n) is 11.2. The second-order valence-electron chi connectivity index (χ2n) is 5.02. The summed E-state index contributed by atoms with van der Waals surface area (Å²) in [5.74, 6) is 0.140. The number of likely N-dealkylation sites (tertiary alicyclic amines) is 1. The Morgan fingerprint density at radius 1 is 1.32 bits per heavy atom. The summed E-state index contributed by atoms with van der Waals surface area (Å²) in [7, 11) is 0. The van der Waals surface area contributed by atoms with Crippen molar-refractivity contribution in [3.05, 3.63) is 33.8 Å². The number of benzene rings is 1. The first-order valence-corrected chi connectivity index (χ1v) is 7.61. The highest BCUT2D eigenvalue weighted by atomic mass is 35.5. The quantitative estimate of drug-likeness (QED) is 0.813. The Bertz CT molecular complexity index is 441. The number of carbonyl (C=O) groups is 1. The standard InChI is InChI=1S/C15H19Cl2NO/c1-2-11-6-3-4-9-18(11)15(19)10-12-13(16)7-5-8-14(12)17/h5,7-8,11H,2-4,6,9-10H2,1H3. The Balaban J connectivity index is 2.12. The average molecular weight is 300 g/mol. The molecule has 0 spiro atoms. The lowest BCUT2D eigenvalue weighted by Crippen LogP contribution is -2.44. The van der Waals surface area contributed by atoms with Crippen LogP contribution in [0.25, 0.3) is 0 Å². The zero-order chi connectivity index (χ0) is 13.8. The number of halogens is 2. The number of amides is 1. The zero-order valence-corrected chi connectivity index (χ0v) is 12.7. The van der Waals surface area contributed by atoms with Crippen molar-refractivity contribution in [3.8, 4) is 0 Å². The van der Waals surface area contributed by atoms with Crippen LogP contribution in [0, 0.1) is 0 Å². The normalized spacial score (nSPS) is 19.5. The summed E-state index contributed by atoms with van der Waals surface area (Å²) < 4.78 is 0. The molecule has 1 saturated heterocycles. The minimum Gasteiger partial charge on any atom is -0.339 e. The van der Waals surface area contributed by atoms with Gasteiger partial charge in [0.1, 0.15) is 0 Å². The van der Waals surface area contributed by atoms with E-state index < -0.39 is 0 Å². The minimum atomic E-state index is 0.140. The van der Waals surface area contributed by atoms with E-state index in [-0.39, 0.29) is 5.91 Å². The van der Waals surface area contributed by atoms with Crippen LogP contribution in [0.5, 0.6) is 0 Å². The molecule has 1 unspecified atom stereocenters. The summed E-state index contributed by atoms with van der Waals surface area (Å²) in [5.41, 5.74) is 0.747. The molecule has 1 amide bonds. The molecule has 1 fully saturated rings. The molecule has 2 rings (SSSR count). The minimum absolute atomic E-state index is 0.140. The molecule has 0 bridgehead atoms. The van der Waals surface area contributed by atoms with E-state index in [1.165, 1.54) is 6.42 Å². The first kappa shape index (κ1) is 14.7. The number of nitrogens with zero attached hydrogens (tertiary/aromatic N) is 1. The second-order valence-corrected chi connectivity index (χ2v) is 5.84. The van der Waals surface area contributed by atoms with E-state index in [0.717, 1.165) is 31.4 Å². The van der Waals surface area contributed by atoms with Gasteiger partial charge in [-0.2, -0.15) is 0 Å². The summed E-state index contributed by atoms with van der Waals surface area (Å²) in [6.45, 7) is 3.00. The summed E-state index contributed by atoms with van der Waals surface area (Å²) in [6.07, 6.45) is 4.74. The molecule has 1 heterocycles. The lowest BCUT2D eigenvalue weighted by atomic mass is 9.99. The summed E-state index contributed by atoms with van der Waals surface area (Å²) >= 11 is 12.3. The molecule has 0 aromatic heterocycles. The van der Waals surface area contributed by atoms with E-state index in [1.807, 2.05) is 4.90 Å². The lowest BCUT2D eigenvalue weighted by Gasteiger charge is -2.35. The van der Waals surface area contributed by atoms with Crippen LogP contribution in [0.4, 0.5) is 0 Å². The van der Waals surface area contributed by atoms with Gasteiger partial charge in [0.25, 0.3) is 0 Å². The van der Waals surface area contributed by atoms with Gasteiger partial charge in [-0.15, -0.1) is 0 Å². The Hall–Kier alpha value is -0.730. The number of hydrogen-bond acceptors (Lipinski definition) is 1. The Morgan fingerprint density at radius 3 is 2.63 bits per heavy atom. The molecular formula is C15H19Cl2NO. The fraction of sp³-hybridized carbons (Fsp3) is 0.533. The van der Waals surface area contributed by atoms with Crippen molar-refractivity contribution in [2.45, 2.75) is 45.1 Å². The highest BCUT2D eigenvalue weighted by molar-refractivity contribution is 6.36. The smallest absolute Gasteiger partial charge is 0.227 e. The second kappa shape index (κ2) is 6.62. The highest BCUT2D eigenvalue weighted by Gasteiger charge is 2.26. The van der Waals surface area contributed by atoms with Gasteiger partial charge in [0.05, 0.1) is 6.42 Å². The SMILES string of the molecule is CCC1CCCCN1C(=O)Cc1c(Cl)cccc1Cl. The largest absolute Gasteiger partial charge is 0.339 e. The molecule has 1 aromatic rings. The lowest BCUT2D eigenvalue weighted by molar-refractivity contribution is -0.134. The molecule has 1 aromatic carbocycles. The number of rotatable bonds is 3. The Kier molecular flexibility index (Phi) is 5.12. The maximum atomic E-state index is 12.4. The van der Waals surface area contributed by atoms with Crippen molar-refractivity contribution in [2.75, 3.05) is 6.54 Å². The van der Waals surface area contributed by atoms with Crippen LogP contribution in [0.2, 0.25) is 10.0 Å². The predicted molar refractivity (Wildman–Crippen MR) is 79.8 cm³/mol. The third kappa shape index (κ3) is 3.43. The van der Waals surface area contributed by atoms with E-state index in [1.54, 1.807) is 18.2 Å². The summed E-state index contributed by atoms with van der Waals surface area (Å²) in [6, 6.07) is 5.74. The molecule has 0 N–H and O–H groups in total. The van der Waals surface area contributed by atoms with Gasteiger partial charge in [-0.25, -0.2) is 0 Å². The number of piperidine rings is 1. The average Bonchev–Trinajstić information content (AvgIpc) is 2.42. The van der Waals surface area contributed by atoms with Gasteiger partial charge in [-0.3, -0.25) is 4.79 Å². The van der Waals surface area contributed by atoms with E-state index in [4.69, 9.17) is 23.2 Å². The van der Waals surface area contributed by atoms with Crippen LogP contribution in [-0.2, 0) is 11.2 Å². The topological polar surface area (TPSA) is 20.3 Å². The fourth-order valence-electron chi connectivity index (χ4n) is 2.71. The maximum Gasteiger partial charge on any atom is 0.227 e.